The standard InChI is InChI=1S/C19H24N2O2S/c22-18(16-4-2-1-3-5-16)21-13-19(14-21)10-17(12-24-19)23-11-15-6-8-20-9-7-15/h4,6-9,17H,1-3,5,10-14H2/t17-/m1/s1. The number of nitrogens with zero attached hydrogens (tertiary/aromatic N) is 2. The van der Waals surface area contributed by atoms with Crippen molar-refractivity contribution in [3.05, 3.63) is 41.7 Å². The first-order chi connectivity index (χ1) is 11.7. The van der Waals surface area contributed by atoms with Crippen LogP contribution in [0.4, 0.5) is 0 Å². The molecule has 1 aliphatic carbocycles. The van der Waals surface area contributed by atoms with Gasteiger partial charge in [0.25, 0.3) is 0 Å². The van der Waals surface area contributed by atoms with Crippen molar-refractivity contribution in [1.82, 2.24) is 9.88 Å². The summed E-state index contributed by atoms with van der Waals surface area (Å²) in [7, 11) is 0. The highest BCUT2D eigenvalue weighted by Crippen LogP contribution is 2.46. The molecule has 2 fully saturated rings. The number of hydrogen-bond donors (Lipinski definition) is 0. The van der Waals surface area contributed by atoms with Crippen LogP contribution in [0.15, 0.2) is 36.2 Å². The second-order valence-corrected chi connectivity index (χ2v) is 8.61. The second-order valence-electron chi connectivity index (χ2n) is 7.12. The fraction of sp³-hybridized carbons (Fsp3) is 0.579. The van der Waals surface area contributed by atoms with Crippen molar-refractivity contribution >= 4 is 17.7 Å². The van der Waals surface area contributed by atoms with Crippen LogP contribution in [0.2, 0.25) is 0 Å². The van der Waals surface area contributed by atoms with Gasteiger partial charge in [0.15, 0.2) is 0 Å². The minimum atomic E-state index is 0.244. The van der Waals surface area contributed by atoms with Crippen LogP contribution in [0.1, 0.15) is 37.7 Å². The molecule has 0 saturated carbocycles. The van der Waals surface area contributed by atoms with E-state index in [1.165, 1.54) is 12.0 Å². The van der Waals surface area contributed by atoms with Crippen molar-refractivity contribution in [3.8, 4) is 0 Å². The summed E-state index contributed by atoms with van der Waals surface area (Å²) in [4.78, 5) is 18.6. The van der Waals surface area contributed by atoms with Crippen LogP contribution >= 0.6 is 11.8 Å². The molecule has 4 nitrogen and oxygen atoms in total. The van der Waals surface area contributed by atoms with Gasteiger partial charge >= 0.3 is 0 Å². The molecule has 24 heavy (non-hydrogen) atoms. The molecule has 1 aromatic rings. The summed E-state index contributed by atoms with van der Waals surface area (Å²) >= 11 is 1.99. The lowest BCUT2D eigenvalue weighted by molar-refractivity contribution is -0.132. The third kappa shape index (κ3) is 3.38. The minimum absolute atomic E-state index is 0.244. The van der Waals surface area contributed by atoms with E-state index in [0.29, 0.717) is 12.7 Å². The number of carbonyl (C=O) groups is 1. The molecule has 0 N–H and O–H groups in total. The number of allylic oxidation sites excluding steroid dienone is 1. The number of carbonyl (C=O) groups excluding carboxylic acids is 1. The first-order valence-corrected chi connectivity index (χ1v) is 9.85. The van der Waals surface area contributed by atoms with Crippen LogP contribution in [0.3, 0.4) is 0 Å². The molecule has 128 valence electrons. The molecule has 3 aliphatic rings. The highest BCUT2D eigenvalue weighted by Gasteiger charge is 2.51. The van der Waals surface area contributed by atoms with Crippen LogP contribution in [0.5, 0.6) is 0 Å². The van der Waals surface area contributed by atoms with E-state index in [2.05, 4.69) is 11.1 Å². The molecule has 5 heteroatoms. The van der Waals surface area contributed by atoms with Crippen molar-refractivity contribution in [1.29, 1.82) is 0 Å². The van der Waals surface area contributed by atoms with Gasteiger partial charge in [-0.15, -0.1) is 11.8 Å². The average Bonchev–Trinajstić information content (AvgIpc) is 3.04. The summed E-state index contributed by atoms with van der Waals surface area (Å²) in [6, 6.07) is 4.00. The summed E-state index contributed by atoms with van der Waals surface area (Å²) in [6.07, 6.45) is 11.5. The molecule has 2 aliphatic heterocycles. The van der Waals surface area contributed by atoms with Crippen molar-refractivity contribution < 1.29 is 9.53 Å². The zero-order valence-corrected chi connectivity index (χ0v) is 14.8. The van der Waals surface area contributed by atoms with Crippen molar-refractivity contribution in [3.63, 3.8) is 0 Å². The molecule has 0 unspecified atom stereocenters. The van der Waals surface area contributed by atoms with Crippen LogP contribution in [-0.2, 0) is 16.1 Å². The van der Waals surface area contributed by atoms with Crippen molar-refractivity contribution in [2.45, 2.75) is 49.6 Å². The summed E-state index contributed by atoms with van der Waals surface area (Å²) in [5.74, 6) is 1.32. The maximum atomic E-state index is 12.5. The van der Waals surface area contributed by atoms with Crippen molar-refractivity contribution in [2.75, 3.05) is 18.8 Å². The Labute approximate surface area is 147 Å². The fourth-order valence-electron chi connectivity index (χ4n) is 3.85. The number of aromatic nitrogens is 1. The summed E-state index contributed by atoms with van der Waals surface area (Å²) < 4.78 is 6.31. The molecule has 4 rings (SSSR count). The maximum absolute atomic E-state index is 12.5. The Hall–Kier alpha value is -1.33. The number of likely N-dealkylation sites (tertiary alicyclic amines) is 1. The number of ether oxygens (including phenoxy) is 1. The van der Waals surface area contributed by atoms with Crippen LogP contribution < -0.4 is 0 Å². The highest BCUT2D eigenvalue weighted by atomic mass is 32.2. The second kappa shape index (κ2) is 6.89. The van der Waals surface area contributed by atoms with Crippen LogP contribution in [0.25, 0.3) is 0 Å². The molecular formula is C19H24N2O2S. The van der Waals surface area contributed by atoms with E-state index in [9.17, 15) is 4.79 Å². The largest absolute Gasteiger partial charge is 0.373 e. The SMILES string of the molecule is O=C(C1=CCCCC1)N1CC2(C[C@@H](OCc3ccncc3)CS2)C1. The maximum Gasteiger partial charge on any atom is 0.249 e. The van der Waals surface area contributed by atoms with E-state index in [1.54, 1.807) is 12.4 Å². The van der Waals surface area contributed by atoms with Crippen LogP contribution in [-0.4, -0.2) is 45.5 Å². The highest BCUT2D eigenvalue weighted by molar-refractivity contribution is 8.01. The predicted molar refractivity (Wildman–Crippen MR) is 95.8 cm³/mol. The minimum Gasteiger partial charge on any atom is -0.373 e. The van der Waals surface area contributed by atoms with Gasteiger partial charge in [-0.05, 0) is 49.8 Å². The molecule has 1 spiro atoms. The molecule has 3 heterocycles. The van der Waals surface area contributed by atoms with E-state index in [0.717, 1.165) is 50.1 Å². The number of thioether (sulfide) groups is 1. The molecule has 0 radical (unpaired) electrons. The van der Waals surface area contributed by atoms with Gasteiger partial charge in [0, 0.05) is 36.8 Å². The van der Waals surface area contributed by atoms with Gasteiger partial charge in [-0.3, -0.25) is 9.78 Å². The van der Waals surface area contributed by atoms with Gasteiger partial charge in [0.2, 0.25) is 5.91 Å². The van der Waals surface area contributed by atoms with E-state index >= 15 is 0 Å². The molecule has 1 aromatic heterocycles. The van der Waals surface area contributed by atoms with Gasteiger partial charge in [-0.1, -0.05) is 6.08 Å². The Kier molecular flexibility index (Phi) is 4.63. The summed E-state index contributed by atoms with van der Waals surface area (Å²) in [5.41, 5.74) is 2.22. The normalized spacial score (nSPS) is 25.4. The van der Waals surface area contributed by atoms with E-state index < -0.39 is 0 Å². The molecule has 1 atom stereocenters. The number of rotatable bonds is 4. The zero-order chi connectivity index (χ0) is 16.4. The van der Waals surface area contributed by atoms with Crippen LogP contribution in [0, 0.1) is 0 Å². The first-order valence-electron chi connectivity index (χ1n) is 8.87. The van der Waals surface area contributed by atoms with Gasteiger partial charge < -0.3 is 9.64 Å². The lowest BCUT2D eigenvalue weighted by Gasteiger charge is -2.48. The lowest BCUT2D eigenvalue weighted by atomic mass is 9.90. The Morgan fingerprint density at radius 1 is 1.33 bits per heavy atom. The Bertz CT molecular complexity index is 626. The number of amides is 1. The van der Waals surface area contributed by atoms with E-state index in [4.69, 9.17) is 4.74 Å². The molecule has 1 amide bonds. The van der Waals surface area contributed by atoms with Gasteiger partial charge in [0.1, 0.15) is 0 Å². The van der Waals surface area contributed by atoms with Gasteiger partial charge in [-0.25, -0.2) is 0 Å². The average molecular weight is 344 g/mol. The monoisotopic (exact) mass is 344 g/mol. The third-order valence-corrected chi connectivity index (χ3v) is 6.80. The topological polar surface area (TPSA) is 42.4 Å². The Balaban J connectivity index is 1.26. The summed E-state index contributed by atoms with van der Waals surface area (Å²) in [5, 5.41) is 0. The van der Waals surface area contributed by atoms with E-state index in [-0.39, 0.29) is 10.7 Å². The molecule has 2 saturated heterocycles. The Morgan fingerprint density at radius 2 is 2.17 bits per heavy atom. The number of hydrogen-bond acceptors (Lipinski definition) is 4. The third-order valence-electron chi connectivity index (χ3n) is 5.22. The van der Waals surface area contributed by atoms with Gasteiger partial charge in [0.05, 0.1) is 17.5 Å². The molecular weight excluding hydrogens is 320 g/mol. The lowest BCUT2D eigenvalue weighted by Crippen LogP contribution is -2.61. The van der Waals surface area contributed by atoms with Crippen molar-refractivity contribution in [2.24, 2.45) is 0 Å². The molecule has 0 aromatic carbocycles. The molecule has 0 bridgehead atoms. The smallest absolute Gasteiger partial charge is 0.249 e. The first kappa shape index (κ1) is 16.2. The number of pyridine rings is 1. The van der Waals surface area contributed by atoms with Gasteiger partial charge in [-0.2, -0.15) is 0 Å². The summed E-state index contributed by atoms with van der Waals surface area (Å²) in [6.45, 7) is 2.44. The fourth-order valence-corrected chi connectivity index (χ4v) is 5.40. The Morgan fingerprint density at radius 3 is 2.92 bits per heavy atom. The predicted octanol–water partition coefficient (Wildman–Crippen LogP) is 3.19. The van der Waals surface area contributed by atoms with E-state index in [1.807, 2.05) is 28.8 Å². The quantitative estimate of drug-likeness (QED) is 0.841. The zero-order valence-electron chi connectivity index (χ0n) is 13.9.